The molecule has 126 valence electrons. The number of esters is 1. The van der Waals surface area contributed by atoms with Crippen molar-refractivity contribution >= 4 is 17.6 Å². The molecule has 2 aromatic rings. The highest BCUT2D eigenvalue weighted by Crippen LogP contribution is 2.22. The molecule has 0 fully saturated rings. The third-order valence-electron chi connectivity index (χ3n) is 3.23. The number of aromatic nitrogens is 1. The number of hydrogen-bond donors (Lipinski definition) is 2. The molecule has 0 saturated heterocycles. The molecule has 0 amide bonds. The summed E-state index contributed by atoms with van der Waals surface area (Å²) in [5.74, 6) is -1.13. The van der Waals surface area contributed by atoms with Gasteiger partial charge in [0.05, 0.1) is 19.3 Å². The van der Waals surface area contributed by atoms with E-state index in [9.17, 15) is 14.7 Å². The molecule has 1 atom stereocenters. The molecule has 1 aromatic carbocycles. The Hall–Kier alpha value is -3.09. The van der Waals surface area contributed by atoms with Gasteiger partial charge in [0.1, 0.15) is 0 Å². The van der Waals surface area contributed by atoms with E-state index >= 15 is 0 Å². The van der Waals surface area contributed by atoms with E-state index in [4.69, 9.17) is 9.47 Å². The van der Waals surface area contributed by atoms with E-state index in [2.05, 4.69) is 10.3 Å². The summed E-state index contributed by atoms with van der Waals surface area (Å²) < 4.78 is 9.90. The second-order valence-corrected chi connectivity index (χ2v) is 4.85. The van der Waals surface area contributed by atoms with Gasteiger partial charge in [-0.3, -0.25) is 0 Å². The molecular formula is C17H18N2O5. The van der Waals surface area contributed by atoms with Gasteiger partial charge in [0.2, 0.25) is 5.88 Å². The number of nitrogens with zero attached hydrogens (tertiary/aromatic N) is 1. The lowest BCUT2D eigenvalue weighted by atomic mass is 10.1. The summed E-state index contributed by atoms with van der Waals surface area (Å²) in [6.45, 7) is 1.99. The number of methoxy groups -OCH3 is 1. The fourth-order valence-electron chi connectivity index (χ4n) is 2.09. The van der Waals surface area contributed by atoms with Gasteiger partial charge in [0.15, 0.2) is 6.04 Å². The third-order valence-corrected chi connectivity index (χ3v) is 3.23. The molecule has 1 aromatic heterocycles. The van der Waals surface area contributed by atoms with E-state index in [0.29, 0.717) is 22.7 Å². The molecule has 0 aliphatic rings. The number of carbonyl (C=O) groups excluding carboxylic acids is 1. The normalized spacial score (nSPS) is 11.4. The number of carboxylic acids is 1. The lowest BCUT2D eigenvalue weighted by Gasteiger charge is -2.16. The Bertz CT molecular complexity index is 715. The molecule has 2 rings (SSSR count). The van der Waals surface area contributed by atoms with Gasteiger partial charge in [0, 0.05) is 23.5 Å². The minimum atomic E-state index is -1.07. The summed E-state index contributed by atoms with van der Waals surface area (Å²) in [5.41, 5.74) is 1.30. The Balaban J connectivity index is 2.23. The van der Waals surface area contributed by atoms with Gasteiger partial charge in [-0.05, 0) is 31.2 Å². The molecule has 24 heavy (non-hydrogen) atoms. The molecule has 0 saturated carbocycles. The van der Waals surface area contributed by atoms with Crippen LogP contribution in [0.5, 0.6) is 5.88 Å². The van der Waals surface area contributed by atoms with Crippen LogP contribution in [-0.4, -0.2) is 35.7 Å². The number of carboxylic acid groups (broad SMARTS) is 1. The number of ether oxygens (including phenoxy) is 2. The summed E-state index contributed by atoms with van der Waals surface area (Å²) in [7, 11) is 1.48. The minimum Gasteiger partial charge on any atom is -0.481 e. The topological polar surface area (TPSA) is 97.8 Å². The molecular weight excluding hydrogens is 312 g/mol. The maximum atomic E-state index is 11.8. The smallest absolute Gasteiger partial charge is 0.338 e. The average Bonchev–Trinajstić information content (AvgIpc) is 2.60. The van der Waals surface area contributed by atoms with Crippen LogP contribution in [0.25, 0.3) is 0 Å². The molecule has 1 heterocycles. The van der Waals surface area contributed by atoms with Crippen molar-refractivity contribution in [1.29, 1.82) is 0 Å². The van der Waals surface area contributed by atoms with Gasteiger partial charge >= 0.3 is 11.9 Å². The highest BCUT2D eigenvalue weighted by molar-refractivity contribution is 5.90. The van der Waals surface area contributed by atoms with Crippen molar-refractivity contribution in [3.8, 4) is 5.88 Å². The Morgan fingerprint density at radius 3 is 2.67 bits per heavy atom. The van der Waals surface area contributed by atoms with Crippen LogP contribution in [0.4, 0.5) is 5.69 Å². The van der Waals surface area contributed by atoms with Crippen LogP contribution in [-0.2, 0) is 9.53 Å². The zero-order valence-corrected chi connectivity index (χ0v) is 13.4. The van der Waals surface area contributed by atoms with Crippen LogP contribution in [0, 0.1) is 0 Å². The van der Waals surface area contributed by atoms with E-state index in [1.54, 1.807) is 43.3 Å². The molecule has 0 radical (unpaired) electrons. The number of rotatable bonds is 7. The lowest BCUT2D eigenvalue weighted by molar-refractivity contribution is -0.138. The first-order valence-electron chi connectivity index (χ1n) is 7.31. The number of anilines is 1. The molecule has 2 N–H and O–H groups in total. The second kappa shape index (κ2) is 7.96. The van der Waals surface area contributed by atoms with Crippen molar-refractivity contribution in [2.45, 2.75) is 13.0 Å². The number of pyridine rings is 1. The van der Waals surface area contributed by atoms with E-state index in [1.807, 2.05) is 0 Å². The molecule has 0 aliphatic heterocycles. The number of nitrogens with one attached hydrogen (secondary N) is 1. The van der Waals surface area contributed by atoms with Crippen LogP contribution in [0.15, 0.2) is 42.6 Å². The second-order valence-electron chi connectivity index (χ2n) is 4.85. The largest absolute Gasteiger partial charge is 0.481 e. The van der Waals surface area contributed by atoms with E-state index in [-0.39, 0.29) is 6.61 Å². The summed E-state index contributed by atoms with van der Waals surface area (Å²) in [6, 6.07) is 8.67. The molecule has 0 bridgehead atoms. The summed E-state index contributed by atoms with van der Waals surface area (Å²) >= 11 is 0. The predicted octanol–water partition coefficient (Wildman–Crippen LogP) is 2.50. The number of benzene rings is 1. The number of hydrogen-bond acceptors (Lipinski definition) is 6. The van der Waals surface area contributed by atoms with Crippen molar-refractivity contribution in [1.82, 2.24) is 4.98 Å². The van der Waals surface area contributed by atoms with E-state index in [0.717, 1.165) is 0 Å². The maximum absolute atomic E-state index is 11.8. The SMILES string of the molecule is CCOC(=O)c1cccc(NC(C(=O)O)c2ccc(OC)nc2)c1. The van der Waals surface area contributed by atoms with E-state index < -0.39 is 18.0 Å². The van der Waals surface area contributed by atoms with Gasteiger partial charge in [0.25, 0.3) is 0 Å². The monoisotopic (exact) mass is 330 g/mol. The maximum Gasteiger partial charge on any atom is 0.338 e. The Kier molecular flexibility index (Phi) is 5.73. The number of carbonyl (C=O) groups is 2. The van der Waals surface area contributed by atoms with Crippen LogP contribution in [0.2, 0.25) is 0 Å². The highest BCUT2D eigenvalue weighted by atomic mass is 16.5. The first kappa shape index (κ1) is 17.3. The summed E-state index contributed by atoms with van der Waals surface area (Å²) in [5, 5.41) is 12.3. The summed E-state index contributed by atoms with van der Waals surface area (Å²) in [6.07, 6.45) is 1.43. The Labute approximate surface area is 139 Å². The van der Waals surface area contributed by atoms with Gasteiger partial charge in [-0.15, -0.1) is 0 Å². The Morgan fingerprint density at radius 1 is 1.29 bits per heavy atom. The zero-order chi connectivity index (χ0) is 17.5. The molecule has 1 unspecified atom stereocenters. The van der Waals surface area contributed by atoms with Crippen molar-refractivity contribution in [2.24, 2.45) is 0 Å². The van der Waals surface area contributed by atoms with Gasteiger partial charge in [-0.25, -0.2) is 14.6 Å². The number of aliphatic carboxylic acids is 1. The van der Waals surface area contributed by atoms with Crippen LogP contribution >= 0.6 is 0 Å². The van der Waals surface area contributed by atoms with E-state index in [1.165, 1.54) is 13.3 Å². The zero-order valence-electron chi connectivity index (χ0n) is 13.4. The first-order valence-corrected chi connectivity index (χ1v) is 7.31. The highest BCUT2D eigenvalue weighted by Gasteiger charge is 2.20. The van der Waals surface area contributed by atoms with Gasteiger partial charge in [-0.1, -0.05) is 6.07 Å². The van der Waals surface area contributed by atoms with Crippen LogP contribution in [0.3, 0.4) is 0 Å². The standard InChI is InChI=1S/C17H18N2O5/c1-3-24-17(22)11-5-4-6-13(9-11)19-15(16(20)21)12-7-8-14(23-2)18-10-12/h4-10,15,19H,3H2,1-2H3,(H,20,21). The predicted molar refractivity (Wildman–Crippen MR) is 87.2 cm³/mol. The summed E-state index contributed by atoms with van der Waals surface area (Å²) in [4.78, 5) is 27.3. The fraction of sp³-hybridized carbons (Fsp3) is 0.235. The van der Waals surface area contributed by atoms with Crippen molar-refractivity contribution in [2.75, 3.05) is 19.0 Å². The van der Waals surface area contributed by atoms with Gasteiger partial charge < -0.3 is 19.9 Å². The van der Waals surface area contributed by atoms with Crippen molar-refractivity contribution in [3.05, 3.63) is 53.7 Å². The lowest BCUT2D eigenvalue weighted by Crippen LogP contribution is -2.21. The quantitative estimate of drug-likeness (QED) is 0.753. The molecule has 7 heteroatoms. The minimum absolute atomic E-state index is 0.270. The third kappa shape index (κ3) is 4.22. The molecule has 7 nitrogen and oxygen atoms in total. The van der Waals surface area contributed by atoms with Crippen molar-refractivity contribution in [3.63, 3.8) is 0 Å². The van der Waals surface area contributed by atoms with Crippen LogP contribution in [0.1, 0.15) is 28.9 Å². The average molecular weight is 330 g/mol. The van der Waals surface area contributed by atoms with Crippen LogP contribution < -0.4 is 10.1 Å². The molecule has 0 aliphatic carbocycles. The fourth-order valence-corrected chi connectivity index (χ4v) is 2.09. The molecule has 0 spiro atoms. The van der Waals surface area contributed by atoms with Gasteiger partial charge in [-0.2, -0.15) is 0 Å². The Morgan fingerprint density at radius 2 is 2.08 bits per heavy atom. The first-order chi connectivity index (χ1) is 11.5. The van der Waals surface area contributed by atoms with Crippen molar-refractivity contribution < 1.29 is 24.2 Å².